The molecule has 2 unspecified atom stereocenters. The highest BCUT2D eigenvalue weighted by atomic mass is 16.5. The maximum Gasteiger partial charge on any atom is 0.194 e. The van der Waals surface area contributed by atoms with Crippen molar-refractivity contribution in [3.05, 3.63) is 47.8 Å². The number of hydrogen-bond acceptors (Lipinski definition) is 4. The van der Waals surface area contributed by atoms with E-state index in [4.69, 9.17) is 9.73 Å². The van der Waals surface area contributed by atoms with Crippen LogP contribution in [0.5, 0.6) is 5.75 Å². The normalized spacial score (nSPS) is 18.4. The van der Waals surface area contributed by atoms with Crippen LogP contribution in [-0.4, -0.2) is 59.0 Å². The summed E-state index contributed by atoms with van der Waals surface area (Å²) >= 11 is 0. The molecule has 1 aromatic carbocycles. The number of nitrogens with one attached hydrogen (secondary N) is 1. The molecule has 0 spiro atoms. The van der Waals surface area contributed by atoms with Crippen molar-refractivity contribution in [1.82, 2.24) is 20.0 Å². The molecular formula is C21H31N5O2. The second kappa shape index (κ2) is 9.59. The summed E-state index contributed by atoms with van der Waals surface area (Å²) in [5.74, 6) is 2.26. The Labute approximate surface area is 167 Å². The van der Waals surface area contributed by atoms with E-state index in [1.807, 2.05) is 42.2 Å². The van der Waals surface area contributed by atoms with Gasteiger partial charge in [-0.2, -0.15) is 5.10 Å². The summed E-state index contributed by atoms with van der Waals surface area (Å²) in [4.78, 5) is 6.99. The van der Waals surface area contributed by atoms with Crippen LogP contribution in [0.3, 0.4) is 0 Å². The number of nitrogens with zero attached hydrogens (tertiary/aromatic N) is 4. The molecule has 0 saturated carbocycles. The zero-order valence-corrected chi connectivity index (χ0v) is 17.0. The third-order valence-corrected chi connectivity index (χ3v) is 5.12. The van der Waals surface area contributed by atoms with Crippen molar-refractivity contribution < 1.29 is 9.84 Å². The third-order valence-electron chi connectivity index (χ3n) is 5.12. The van der Waals surface area contributed by atoms with Crippen molar-refractivity contribution in [3.8, 4) is 5.75 Å². The van der Waals surface area contributed by atoms with Crippen LogP contribution < -0.4 is 10.1 Å². The van der Waals surface area contributed by atoms with Gasteiger partial charge in [-0.3, -0.25) is 9.67 Å². The average Bonchev–Trinajstić information content (AvgIpc) is 3.34. The fraction of sp³-hybridized carbons (Fsp3) is 0.524. The Balaban J connectivity index is 1.58. The van der Waals surface area contributed by atoms with E-state index in [0.29, 0.717) is 12.5 Å². The van der Waals surface area contributed by atoms with Crippen molar-refractivity contribution >= 4 is 5.96 Å². The molecule has 0 bridgehead atoms. The van der Waals surface area contributed by atoms with Gasteiger partial charge in [-0.05, 0) is 48.9 Å². The van der Waals surface area contributed by atoms with Crippen LogP contribution in [0.1, 0.15) is 30.6 Å². The molecule has 0 amide bonds. The van der Waals surface area contributed by atoms with Gasteiger partial charge in [0.1, 0.15) is 5.75 Å². The first-order valence-electron chi connectivity index (χ1n) is 9.91. The van der Waals surface area contributed by atoms with Gasteiger partial charge in [0.15, 0.2) is 5.96 Å². The number of aliphatic hydroxyl groups excluding tert-OH is 1. The van der Waals surface area contributed by atoms with E-state index in [-0.39, 0.29) is 0 Å². The summed E-state index contributed by atoms with van der Waals surface area (Å²) < 4.78 is 7.02. The Bertz CT molecular complexity index is 771. The Morgan fingerprint density at radius 2 is 2.18 bits per heavy atom. The lowest BCUT2D eigenvalue weighted by molar-refractivity contribution is 0.186. The van der Waals surface area contributed by atoms with Crippen LogP contribution in [0.25, 0.3) is 0 Å². The minimum atomic E-state index is -0.631. The summed E-state index contributed by atoms with van der Waals surface area (Å²) in [5, 5.41) is 18.1. The Morgan fingerprint density at radius 1 is 1.39 bits per heavy atom. The quantitative estimate of drug-likeness (QED) is 0.563. The first-order valence-corrected chi connectivity index (χ1v) is 9.91. The van der Waals surface area contributed by atoms with Crippen molar-refractivity contribution in [2.45, 2.75) is 25.9 Å². The second-order valence-corrected chi connectivity index (χ2v) is 7.31. The van der Waals surface area contributed by atoms with E-state index in [1.165, 1.54) is 5.56 Å². The van der Waals surface area contributed by atoms with E-state index in [2.05, 4.69) is 28.4 Å². The third kappa shape index (κ3) is 5.25. The zero-order chi connectivity index (χ0) is 19.9. The van der Waals surface area contributed by atoms with Crippen molar-refractivity contribution in [2.75, 3.05) is 33.3 Å². The van der Waals surface area contributed by atoms with Gasteiger partial charge in [0.2, 0.25) is 0 Å². The van der Waals surface area contributed by atoms with Crippen molar-refractivity contribution in [2.24, 2.45) is 18.0 Å². The van der Waals surface area contributed by atoms with Gasteiger partial charge in [0.05, 0.1) is 26.0 Å². The SMILES string of the molecule is CCNC(=NCC(O)c1ccc(OC)cc1)N1CCC(Cc2cnn(C)c2)C1. The number of aryl methyl sites for hydroxylation is 1. The molecule has 2 N–H and O–H groups in total. The van der Waals surface area contributed by atoms with Gasteiger partial charge >= 0.3 is 0 Å². The number of aromatic nitrogens is 2. The van der Waals surface area contributed by atoms with E-state index in [1.54, 1.807) is 7.11 Å². The topological polar surface area (TPSA) is 74.9 Å². The highest BCUT2D eigenvalue weighted by molar-refractivity contribution is 5.80. The first kappa shape index (κ1) is 20.2. The maximum absolute atomic E-state index is 10.5. The van der Waals surface area contributed by atoms with Crippen LogP contribution in [0, 0.1) is 5.92 Å². The molecule has 1 saturated heterocycles. The van der Waals surface area contributed by atoms with Gasteiger partial charge < -0.3 is 20.1 Å². The molecule has 0 radical (unpaired) electrons. The minimum absolute atomic E-state index is 0.332. The summed E-state index contributed by atoms with van der Waals surface area (Å²) in [6.07, 6.45) is 5.59. The predicted molar refractivity (Wildman–Crippen MR) is 111 cm³/mol. The Morgan fingerprint density at radius 3 is 2.82 bits per heavy atom. The molecule has 0 aliphatic carbocycles. The molecule has 2 aromatic rings. The van der Waals surface area contributed by atoms with Gasteiger partial charge in [-0.25, -0.2) is 0 Å². The molecular weight excluding hydrogens is 354 g/mol. The summed E-state index contributed by atoms with van der Waals surface area (Å²) in [6.45, 7) is 5.16. The van der Waals surface area contributed by atoms with Crippen LogP contribution >= 0.6 is 0 Å². The first-order chi connectivity index (χ1) is 13.6. The van der Waals surface area contributed by atoms with E-state index in [0.717, 1.165) is 49.7 Å². The molecule has 28 heavy (non-hydrogen) atoms. The van der Waals surface area contributed by atoms with Crippen LogP contribution in [-0.2, 0) is 13.5 Å². The average molecular weight is 386 g/mol. The fourth-order valence-electron chi connectivity index (χ4n) is 3.63. The monoisotopic (exact) mass is 385 g/mol. The lowest BCUT2D eigenvalue weighted by atomic mass is 10.0. The number of aliphatic hydroxyl groups is 1. The molecule has 1 aliphatic heterocycles. The molecule has 1 aromatic heterocycles. The molecule has 152 valence electrons. The number of guanidine groups is 1. The minimum Gasteiger partial charge on any atom is -0.497 e. The van der Waals surface area contributed by atoms with E-state index < -0.39 is 6.10 Å². The highest BCUT2D eigenvalue weighted by Crippen LogP contribution is 2.22. The zero-order valence-electron chi connectivity index (χ0n) is 17.0. The molecule has 1 aliphatic rings. The predicted octanol–water partition coefficient (Wildman–Crippen LogP) is 1.99. The molecule has 2 atom stereocenters. The maximum atomic E-state index is 10.5. The van der Waals surface area contributed by atoms with Gasteiger partial charge in [0, 0.05) is 32.9 Å². The number of aliphatic imine (C=N–C) groups is 1. The van der Waals surface area contributed by atoms with E-state index in [9.17, 15) is 5.11 Å². The van der Waals surface area contributed by atoms with Gasteiger partial charge in [-0.1, -0.05) is 12.1 Å². The molecule has 1 fully saturated rings. The van der Waals surface area contributed by atoms with Crippen molar-refractivity contribution in [1.29, 1.82) is 0 Å². The number of methoxy groups -OCH3 is 1. The van der Waals surface area contributed by atoms with Crippen LogP contribution in [0.4, 0.5) is 0 Å². The van der Waals surface area contributed by atoms with Crippen molar-refractivity contribution in [3.63, 3.8) is 0 Å². The summed E-state index contributed by atoms with van der Waals surface area (Å²) in [7, 11) is 3.59. The molecule has 7 nitrogen and oxygen atoms in total. The Kier molecular flexibility index (Phi) is 6.92. The standard InChI is InChI=1S/C21H31N5O2/c1-4-22-21(23-13-20(27)18-5-7-19(28-3)8-6-18)26-10-9-16(15-26)11-17-12-24-25(2)14-17/h5-8,12,14,16,20,27H,4,9-11,13,15H2,1-3H3,(H,22,23). The van der Waals surface area contributed by atoms with Crippen LogP contribution in [0.2, 0.25) is 0 Å². The number of likely N-dealkylation sites (tertiary alicyclic amines) is 1. The number of rotatable bonds is 7. The summed E-state index contributed by atoms with van der Waals surface area (Å²) in [6, 6.07) is 7.48. The van der Waals surface area contributed by atoms with Crippen LogP contribution in [0.15, 0.2) is 41.7 Å². The van der Waals surface area contributed by atoms with Gasteiger partial charge in [-0.15, -0.1) is 0 Å². The smallest absolute Gasteiger partial charge is 0.194 e. The number of ether oxygens (including phenoxy) is 1. The second-order valence-electron chi connectivity index (χ2n) is 7.31. The highest BCUT2D eigenvalue weighted by Gasteiger charge is 2.25. The molecule has 2 heterocycles. The van der Waals surface area contributed by atoms with Gasteiger partial charge in [0.25, 0.3) is 0 Å². The number of hydrogen-bond donors (Lipinski definition) is 2. The lowest BCUT2D eigenvalue weighted by Crippen LogP contribution is -2.40. The molecule has 3 rings (SSSR count). The Hall–Kier alpha value is -2.54. The van der Waals surface area contributed by atoms with E-state index >= 15 is 0 Å². The largest absolute Gasteiger partial charge is 0.497 e. The fourth-order valence-corrected chi connectivity index (χ4v) is 3.63. The molecule has 7 heteroatoms. The summed E-state index contributed by atoms with van der Waals surface area (Å²) in [5.41, 5.74) is 2.13. The lowest BCUT2D eigenvalue weighted by Gasteiger charge is -2.22. The number of benzene rings is 1.